The van der Waals surface area contributed by atoms with E-state index in [1.807, 2.05) is 20.8 Å². The number of aryl methyl sites for hydroxylation is 1. The zero-order valence-electron chi connectivity index (χ0n) is 10.9. The molecule has 0 aliphatic carbocycles. The van der Waals surface area contributed by atoms with Gasteiger partial charge in [-0.2, -0.15) is 5.10 Å². The van der Waals surface area contributed by atoms with Gasteiger partial charge in [0.15, 0.2) is 5.82 Å². The van der Waals surface area contributed by atoms with E-state index in [9.17, 15) is 4.79 Å². The minimum absolute atomic E-state index is 0.252. The third-order valence-electron chi connectivity index (χ3n) is 2.51. The molecule has 0 aliphatic rings. The van der Waals surface area contributed by atoms with Crippen LogP contribution in [0.2, 0.25) is 0 Å². The molecule has 0 spiro atoms. The maximum absolute atomic E-state index is 11.8. The molecule has 6 heteroatoms. The number of nitrogens with one attached hydrogen (secondary N) is 1. The van der Waals surface area contributed by atoms with Crippen molar-refractivity contribution in [3.05, 3.63) is 6.07 Å². The van der Waals surface area contributed by atoms with Crippen molar-refractivity contribution in [1.29, 1.82) is 0 Å². The highest BCUT2D eigenvalue weighted by atomic mass is 16.5. The predicted octanol–water partition coefficient (Wildman–Crippen LogP) is 0.741. The minimum atomic E-state index is -0.587. The van der Waals surface area contributed by atoms with Gasteiger partial charge in [0.1, 0.15) is 0 Å². The molecule has 0 radical (unpaired) electrons. The van der Waals surface area contributed by atoms with Crippen LogP contribution in [-0.4, -0.2) is 28.8 Å². The Hall–Kier alpha value is -1.56. The van der Waals surface area contributed by atoms with Crippen molar-refractivity contribution in [2.24, 2.45) is 18.2 Å². The largest absolute Gasteiger partial charge is 0.481 e. The molecular weight excluding hydrogens is 220 g/mol. The number of aromatic nitrogens is 2. The molecule has 1 aromatic heterocycles. The number of hydrogen-bond acceptors (Lipinski definition) is 4. The van der Waals surface area contributed by atoms with Gasteiger partial charge in [0.25, 0.3) is 0 Å². The summed E-state index contributed by atoms with van der Waals surface area (Å²) in [6.45, 7) is 5.74. The number of anilines is 1. The Bertz CT molecular complexity index is 406. The van der Waals surface area contributed by atoms with Crippen LogP contribution in [0.3, 0.4) is 0 Å². The molecular formula is C11H20N4O2. The molecule has 0 aliphatic heterocycles. The molecule has 1 atom stereocenters. The molecule has 6 nitrogen and oxygen atoms in total. The molecule has 0 bridgehead atoms. The zero-order valence-corrected chi connectivity index (χ0v) is 10.9. The quantitative estimate of drug-likeness (QED) is 0.816. The van der Waals surface area contributed by atoms with Crippen LogP contribution in [0.1, 0.15) is 20.8 Å². The monoisotopic (exact) mass is 240 g/mol. The first-order valence-corrected chi connectivity index (χ1v) is 5.40. The van der Waals surface area contributed by atoms with E-state index in [-0.39, 0.29) is 11.3 Å². The molecule has 0 unspecified atom stereocenters. The van der Waals surface area contributed by atoms with Crippen LogP contribution in [0.25, 0.3) is 0 Å². The van der Waals surface area contributed by atoms with E-state index in [0.29, 0.717) is 11.7 Å². The van der Waals surface area contributed by atoms with E-state index in [0.717, 1.165) is 0 Å². The van der Waals surface area contributed by atoms with Crippen LogP contribution in [0, 0.1) is 5.41 Å². The van der Waals surface area contributed by atoms with Crippen LogP contribution in [0.5, 0.6) is 5.88 Å². The second-order valence-corrected chi connectivity index (χ2v) is 5.03. The van der Waals surface area contributed by atoms with E-state index in [1.54, 1.807) is 20.2 Å². The number of hydrogen-bond donors (Lipinski definition) is 2. The second kappa shape index (κ2) is 4.75. The first kappa shape index (κ1) is 13.5. The van der Waals surface area contributed by atoms with E-state index in [2.05, 4.69) is 10.4 Å². The van der Waals surface area contributed by atoms with Crippen molar-refractivity contribution in [3.63, 3.8) is 0 Å². The lowest BCUT2D eigenvalue weighted by molar-refractivity contribution is -0.119. The molecule has 3 N–H and O–H groups in total. The van der Waals surface area contributed by atoms with Gasteiger partial charge in [-0.3, -0.25) is 4.79 Å². The summed E-state index contributed by atoms with van der Waals surface area (Å²) in [4.78, 5) is 11.8. The van der Waals surface area contributed by atoms with Gasteiger partial charge in [0.2, 0.25) is 11.8 Å². The van der Waals surface area contributed by atoms with Crippen molar-refractivity contribution >= 4 is 11.7 Å². The standard InChI is InChI=1S/C11H20N4O2/c1-11(2,3)9(12)10(16)13-7-6-8(17-5)15(4)14-7/h6,9H,12H2,1-5H3,(H,13,14,16)/t9-/m1/s1. The SMILES string of the molecule is COc1cc(NC(=O)[C@@H](N)C(C)(C)C)nn1C. The lowest BCUT2D eigenvalue weighted by atomic mass is 9.87. The maximum atomic E-state index is 11.8. The molecule has 0 fully saturated rings. The first-order valence-electron chi connectivity index (χ1n) is 5.40. The first-order chi connectivity index (χ1) is 7.75. The van der Waals surface area contributed by atoms with Crippen LogP contribution in [0.15, 0.2) is 6.07 Å². The summed E-state index contributed by atoms with van der Waals surface area (Å²) in [5, 5.41) is 6.76. The summed E-state index contributed by atoms with van der Waals surface area (Å²) < 4.78 is 6.59. The number of nitrogens with two attached hydrogens (primary N) is 1. The van der Waals surface area contributed by atoms with Crippen LogP contribution in [-0.2, 0) is 11.8 Å². The molecule has 0 saturated carbocycles. The lowest BCUT2D eigenvalue weighted by Crippen LogP contribution is -2.45. The number of nitrogens with zero attached hydrogens (tertiary/aromatic N) is 2. The number of carbonyl (C=O) groups excluding carboxylic acids is 1. The number of amides is 1. The fraction of sp³-hybridized carbons (Fsp3) is 0.636. The predicted molar refractivity (Wildman–Crippen MR) is 65.8 cm³/mol. The fourth-order valence-corrected chi connectivity index (χ4v) is 1.30. The van der Waals surface area contributed by atoms with Gasteiger partial charge in [0, 0.05) is 13.1 Å². The maximum Gasteiger partial charge on any atom is 0.243 e. The number of rotatable bonds is 3. The van der Waals surface area contributed by atoms with Gasteiger partial charge in [-0.15, -0.1) is 0 Å². The van der Waals surface area contributed by atoms with Crippen molar-refractivity contribution in [1.82, 2.24) is 9.78 Å². The number of ether oxygens (including phenoxy) is 1. The summed E-state index contributed by atoms with van der Waals surface area (Å²) in [6, 6.07) is 1.06. The average Bonchev–Trinajstić information content (AvgIpc) is 2.56. The van der Waals surface area contributed by atoms with Gasteiger partial charge in [-0.25, -0.2) is 4.68 Å². The van der Waals surface area contributed by atoms with Gasteiger partial charge < -0.3 is 15.8 Å². The third kappa shape index (κ3) is 3.20. The Morgan fingerprint density at radius 2 is 2.18 bits per heavy atom. The van der Waals surface area contributed by atoms with Crippen LogP contribution < -0.4 is 15.8 Å². The highest BCUT2D eigenvalue weighted by Gasteiger charge is 2.28. The Morgan fingerprint density at radius 3 is 2.59 bits per heavy atom. The summed E-state index contributed by atoms with van der Waals surface area (Å²) >= 11 is 0. The van der Waals surface area contributed by atoms with E-state index >= 15 is 0 Å². The summed E-state index contributed by atoms with van der Waals surface area (Å²) in [7, 11) is 3.28. The molecule has 0 aromatic carbocycles. The van der Waals surface area contributed by atoms with Gasteiger partial charge in [0.05, 0.1) is 13.2 Å². The van der Waals surface area contributed by atoms with Crippen molar-refractivity contribution in [3.8, 4) is 5.88 Å². The Labute approximate surface area is 101 Å². The van der Waals surface area contributed by atoms with E-state index in [4.69, 9.17) is 10.5 Å². The highest BCUT2D eigenvalue weighted by molar-refractivity contribution is 5.94. The number of methoxy groups -OCH3 is 1. The Kier molecular flexibility index (Phi) is 3.77. The van der Waals surface area contributed by atoms with Gasteiger partial charge >= 0.3 is 0 Å². The molecule has 96 valence electrons. The van der Waals surface area contributed by atoms with E-state index in [1.165, 1.54) is 4.68 Å². The van der Waals surface area contributed by atoms with Crippen molar-refractivity contribution in [2.45, 2.75) is 26.8 Å². The molecule has 1 amide bonds. The average molecular weight is 240 g/mol. The minimum Gasteiger partial charge on any atom is -0.481 e. The summed E-state index contributed by atoms with van der Waals surface area (Å²) in [5.41, 5.74) is 5.55. The zero-order chi connectivity index (χ0) is 13.2. The molecule has 0 saturated heterocycles. The van der Waals surface area contributed by atoms with Gasteiger partial charge in [-0.05, 0) is 5.41 Å². The Balaban J connectivity index is 2.74. The molecule has 1 heterocycles. The summed E-state index contributed by atoms with van der Waals surface area (Å²) in [6.07, 6.45) is 0. The smallest absolute Gasteiger partial charge is 0.243 e. The topological polar surface area (TPSA) is 82.2 Å². The third-order valence-corrected chi connectivity index (χ3v) is 2.51. The van der Waals surface area contributed by atoms with E-state index < -0.39 is 6.04 Å². The van der Waals surface area contributed by atoms with Crippen molar-refractivity contribution < 1.29 is 9.53 Å². The second-order valence-electron chi connectivity index (χ2n) is 5.03. The molecule has 1 aromatic rings. The number of carbonyl (C=O) groups is 1. The molecule has 17 heavy (non-hydrogen) atoms. The Morgan fingerprint density at radius 1 is 1.59 bits per heavy atom. The highest BCUT2D eigenvalue weighted by Crippen LogP contribution is 2.20. The fourth-order valence-electron chi connectivity index (χ4n) is 1.30. The van der Waals surface area contributed by atoms with Gasteiger partial charge in [-0.1, -0.05) is 20.8 Å². The molecule has 1 rings (SSSR count). The van der Waals surface area contributed by atoms with Crippen LogP contribution in [0.4, 0.5) is 5.82 Å². The summed E-state index contributed by atoms with van der Waals surface area (Å²) in [5.74, 6) is 0.761. The lowest BCUT2D eigenvalue weighted by Gasteiger charge is -2.25. The van der Waals surface area contributed by atoms with Crippen LogP contribution >= 0.6 is 0 Å². The van der Waals surface area contributed by atoms with Crippen molar-refractivity contribution in [2.75, 3.05) is 12.4 Å². The normalized spacial score (nSPS) is 13.3.